The van der Waals surface area contributed by atoms with Gasteiger partial charge in [-0.05, 0) is 54.4 Å². The van der Waals surface area contributed by atoms with Gasteiger partial charge < -0.3 is 4.42 Å². The molecule has 0 aliphatic heterocycles. The SMILES string of the molecule is CC(C)(C)[C@H]1CCc2c(sc(N=Cc3ccc(-c4ccccc4[N+](=O)[O-])o3)c2C#N)C1. The molecule has 2 aromatic heterocycles. The second-order valence-electron chi connectivity index (χ2n) is 8.84. The Bertz CT molecular complexity index is 1210. The molecule has 0 unspecified atom stereocenters. The normalized spacial score (nSPS) is 16.3. The predicted molar refractivity (Wildman–Crippen MR) is 122 cm³/mol. The van der Waals surface area contributed by atoms with Gasteiger partial charge >= 0.3 is 0 Å². The molecule has 1 aliphatic rings. The van der Waals surface area contributed by atoms with Crippen molar-refractivity contribution in [3.05, 3.63) is 68.3 Å². The zero-order chi connectivity index (χ0) is 22.2. The van der Waals surface area contributed by atoms with Gasteiger partial charge in [0, 0.05) is 10.9 Å². The minimum Gasteiger partial charge on any atom is -0.455 e. The molecule has 0 N–H and O–H groups in total. The Labute approximate surface area is 185 Å². The number of nitriles is 1. The highest BCUT2D eigenvalue weighted by atomic mass is 32.1. The summed E-state index contributed by atoms with van der Waals surface area (Å²) in [6.45, 7) is 6.81. The number of nitro benzene ring substituents is 1. The van der Waals surface area contributed by atoms with E-state index in [0.717, 1.165) is 24.8 Å². The van der Waals surface area contributed by atoms with E-state index in [1.165, 1.54) is 10.9 Å². The van der Waals surface area contributed by atoms with Gasteiger partial charge in [0.2, 0.25) is 0 Å². The Morgan fingerprint density at radius 2 is 2.06 bits per heavy atom. The number of benzene rings is 1. The largest absolute Gasteiger partial charge is 0.455 e. The van der Waals surface area contributed by atoms with E-state index in [-0.39, 0.29) is 11.1 Å². The fourth-order valence-corrected chi connectivity index (χ4v) is 5.27. The number of nitro groups is 1. The number of para-hydroxylation sites is 1. The van der Waals surface area contributed by atoms with Gasteiger partial charge in [0.1, 0.15) is 22.6 Å². The molecule has 0 radical (unpaired) electrons. The third-order valence-corrected chi connectivity index (χ3v) is 7.05. The fourth-order valence-electron chi connectivity index (χ4n) is 4.05. The Balaban J connectivity index is 1.61. The van der Waals surface area contributed by atoms with Gasteiger partial charge in [0.05, 0.1) is 22.3 Å². The molecule has 158 valence electrons. The van der Waals surface area contributed by atoms with Crippen LogP contribution in [0.25, 0.3) is 11.3 Å². The monoisotopic (exact) mass is 433 g/mol. The maximum atomic E-state index is 11.3. The maximum Gasteiger partial charge on any atom is 0.280 e. The first-order chi connectivity index (χ1) is 14.8. The summed E-state index contributed by atoms with van der Waals surface area (Å²) in [5, 5.41) is 21.7. The maximum absolute atomic E-state index is 11.3. The van der Waals surface area contributed by atoms with Crippen LogP contribution in [0.4, 0.5) is 10.7 Å². The van der Waals surface area contributed by atoms with E-state index in [9.17, 15) is 15.4 Å². The first-order valence-electron chi connectivity index (χ1n) is 10.2. The number of hydrogen-bond donors (Lipinski definition) is 0. The smallest absolute Gasteiger partial charge is 0.280 e. The van der Waals surface area contributed by atoms with E-state index < -0.39 is 4.92 Å². The minimum absolute atomic E-state index is 0.00793. The van der Waals surface area contributed by atoms with Crippen molar-refractivity contribution in [2.24, 2.45) is 16.3 Å². The van der Waals surface area contributed by atoms with E-state index in [4.69, 9.17) is 4.42 Å². The summed E-state index contributed by atoms with van der Waals surface area (Å²) < 4.78 is 5.79. The van der Waals surface area contributed by atoms with E-state index in [1.807, 2.05) is 0 Å². The number of rotatable bonds is 4. The van der Waals surface area contributed by atoms with Gasteiger partial charge in [-0.3, -0.25) is 10.1 Å². The number of nitrogens with zero attached hydrogens (tertiary/aromatic N) is 3. The number of hydrogen-bond acceptors (Lipinski definition) is 6. The second-order valence-corrected chi connectivity index (χ2v) is 9.92. The van der Waals surface area contributed by atoms with Gasteiger partial charge in [-0.1, -0.05) is 32.9 Å². The summed E-state index contributed by atoms with van der Waals surface area (Å²) in [5.41, 5.74) is 2.45. The lowest BCUT2D eigenvalue weighted by Crippen LogP contribution is -2.26. The standard InChI is InChI=1S/C24H23N3O3S/c1-24(2,3)15-8-10-17-19(13-25)23(31-22(17)12-15)26-14-16-9-11-21(30-16)18-6-4-5-7-20(18)27(28)29/h4-7,9,11,14-15H,8,10,12H2,1-3H3/t15-/m0/s1. The average Bonchev–Trinajstić information content (AvgIpc) is 3.35. The molecule has 3 aromatic rings. The molecule has 0 spiro atoms. The quantitative estimate of drug-likeness (QED) is 0.260. The summed E-state index contributed by atoms with van der Waals surface area (Å²) in [6, 6.07) is 12.2. The molecule has 1 aliphatic carbocycles. The molecular formula is C24H23N3O3S. The number of aliphatic imine (C=N–C) groups is 1. The molecule has 0 amide bonds. The Morgan fingerprint density at radius 3 is 2.77 bits per heavy atom. The van der Waals surface area contributed by atoms with Crippen LogP contribution in [-0.4, -0.2) is 11.1 Å². The van der Waals surface area contributed by atoms with E-state index >= 15 is 0 Å². The zero-order valence-electron chi connectivity index (χ0n) is 17.7. The van der Waals surface area contributed by atoms with Crippen molar-refractivity contribution in [1.29, 1.82) is 5.26 Å². The van der Waals surface area contributed by atoms with Crippen LogP contribution in [0.2, 0.25) is 0 Å². The molecule has 1 atom stereocenters. The van der Waals surface area contributed by atoms with E-state index in [1.54, 1.807) is 47.9 Å². The molecule has 4 rings (SSSR count). The van der Waals surface area contributed by atoms with Crippen molar-refractivity contribution in [3.8, 4) is 17.4 Å². The van der Waals surface area contributed by atoms with Crippen molar-refractivity contribution >= 4 is 28.2 Å². The highest BCUT2D eigenvalue weighted by molar-refractivity contribution is 7.16. The fraction of sp³-hybridized carbons (Fsp3) is 0.333. The van der Waals surface area contributed by atoms with Crippen molar-refractivity contribution in [3.63, 3.8) is 0 Å². The van der Waals surface area contributed by atoms with Gasteiger partial charge in [-0.25, -0.2) is 4.99 Å². The molecule has 6 nitrogen and oxygen atoms in total. The molecule has 0 fully saturated rings. The highest BCUT2D eigenvalue weighted by Crippen LogP contribution is 2.45. The summed E-state index contributed by atoms with van der Waals surface area (Å²) in [7, 11) is 0. The molecule has 31 heavy (non-hydrogen) atoms. The van der Waals surface area contributed by atoms with E-state index in [0.29, 0.717) is 33.6 Å². The van der Waals surface area contributed by atoms with Crippen molar-refractivity contribution in [2.45, 2.75) is 40.0 Å². The number of thiophene rings is 1. The van der Waals surface area contributed by atoms with Gasteiger partial charge in [0.25, 0.3) is 5.69 Å². The number of fused-ring (bicyclic) bond motifs is 1. The molecule has 7 heteroatoms. The predicted octanol–water partition coefficient (Wildman–Crippen LogP) is 6.69. The van der Waals surface area contributed by atoms with Crippen LogP contribution in [-0.2, 0) is 12.8 Å². The summed E-state index contributed by atoms with van der Waals surface area (Å²) in [4.78, 5) is 16.7. The molecule has 1 aromatic carbocycles. The number of furan rings is 1. The molecule has 0 saturated carbocycles. The van der Waals surface area contributed by atoms with Gasteiger partial charge in [-0.2, -0.15) is 5.26 Å². The Kier molecular flexibility index (Phi) is 5.50. The Hall–Kier alpha value is -3.24. The lowest BCUT2D eigenvalue weighted by molar-refractivity contribution is -0.384. The van der Waals surface area contributed by atoms with Gasteiger partial charge in [-0.15, -0.1) is 11.3 Å². The van der Waals surface area contributed by atoms with Crippen LogP contribution in [0, 0.1) is 32.8 Å². The third kappa shape index (κ3) is 4.17. The summed E-state index contributed by atoms with van der Waals surface area (Å²) in [5.74, 6) is 1.49. The molecule has 2 heterocycles. The first-order valence-corrected chi connectivity index (χ1v) is 11.0. The second kappa shape index (κ2) is 8.12. The van der Waals surface area contributed by atoms with Crippen LogP contribution in [0.3, 0.4) is 0 Å². The lowest BCUT2D eigenvalue weighted by atomic mass is 9.72. The van der Waals surface area contributed by atoms with Crippen LogP contribution >= 0.6 is 11.3 Å². The highest BCUT2D eigenvalue weighted by Gasteiger charge is 2.32. The van der Waals surface area contributed by atoms with Crippen LogP contribution in [0.15, 0.2) is 45.8 Å². The zero-order valence-corrected chi connectivity index (χ0v) is 18.5. The van der Waals surface area contributed by atoms with E-state index in [2.05, 4.69) is 31.8 Å². The van der Waals surface area contributed by atoms with Crippen molar-refractivity contribution in [2.75, 3.05) is 0 Å². The van der Waals surface area contributed by atoms with Gasteiger partial charge in [0.15, 0.2) is 0 Å². The van der Waals surface area contributed by atoms with Crippen LogP contribution < -0.4 is 0 Å². The molecular weight excluding hydrogens is 410 g/mol. The lowest BCUT2D eigenvalue weighted by Gasteiger charge is -2.33. The van der Waals surface area contributed by atoms with Crippen LogP contribution in [0.5, 0.6) is 0 Å². The summed E-state index contributed by atoms with van der Waals surface area (Å²) >= 11 is 1.58. The van der Waals surface area contributed by atoms with Crippen molar-refractivity contribution in [1.82, 2.24) is 0 Å². The summed E-state index contributed by atoms with van der Waals surface area (Å²) in [6.07, 6.45) is 4.56. The van der Waals surface area contributed by atoms with Crippen LogP contribution in [0.1, 0.15) is 49.0 Å². The minimum atomic E-state index is -0.425. The Morgan fingerprint density at radius 1 is 1.29 bits per heavy atom. The molecule has 0 saturated heterocycles. The average molecular weight is 434 g/mol. The topological polar surface area (TPSA) is 92.4 Å². The third-order valence-electron chi connectivity index (χ3n) is 5.89. The van der Waals surface area contributed by atoms with Crippen molar-refractivity contribution < 1.29 is 9.34 Å². The molecule has 0 bridgehead atoms. The first kappa shape index (κ1) is 21.0.